The molecule has 0 spiro atoms. The Morgan fingerprint density at radius 2 is 0.789 bits per heavy atom. The highest BCUT2D eigenvalue weighted by atomic mass is 16.7. The molecule has 440 valence electrons. The number of ether oxygens (including phenoxy) is 6. The molecule has 4 unspecified atom stereocenters. The lowest BCUT2D eigenvalue weighted by molar-refractivity contribution is -0.332. The predicted octanol–water partition coefficient (Wildman–Crippen LogP) is 10.4. The van der Waals surface area contributed by atoms with Crippen LogP contribution in [-0.2, 0) is 38.0 Å². The maximum absolute atomic E-state index is 13.0. The number of esters is 2. The van der Waals surface area contributed by atoms with Crippen molar-refractivity contribution in [1.82, 2.24) is 0 Å². The van der Waals surface area contributed by atoms with E-state index in [4.69, 9.17) is 28.4 Å². The van der Waals surface area contributed by atoms with Crippen LogP contribution in [0, 0.1) is 0 Å². The second-order valence-electron chi connectivity index (χ2n) is 20.8. The van der Waals surface area contributed by atoms with Crippen molar-refractivity contribution >= 4 is 11.9 Å². The number of rotatable bonds is 47. The summed E-state index contributed by atoms with van der Waals surface area (Å²) >= 11 is 0. The number of hydrogen-bond donors (Lipinski definition) is 7. The fourth-order valence-electron chi connectivity index (χ4n) is 9.10. The summed E-state index contributed by atoms with van der Waals surface area (Å²) in [6, 6.07) is 0. The summed E-state index contributed by atoms with van der Waals surface area (Å²) < 4.78 is 33.6. The van der Waals surface area contributed by atoms with Gasteiger partial charge in [-0.25, -0.2) is 0 Å². The minimum Gasteiger partial charge on any atom is -0.462 e. The van der Waals surface area contributed by atoms with Crippen LogP contribution in [0.4, 0.5) is 0 Å². The van der Waals surface area contributed by atoms with Gasteiger partial charge in [-0.05, 0) is 70.6 Å². The van der Waals surface area contributed by atoms with Crippen LogP contribution in [0.25, 0.3) is 0 Å². The molecule has 2 fully saturated rings. The standard InChI is InChI=1S/C61H106O15/c1-3-5-7-9-11-13-15-17-19-21-22-23-24-25-26-28-29-31-33-35-37-39-41-43-52(63)71-46-49(74-53(64)44-42-40-38-36-34-32-30-27-20-18-16-14-12-10-8-6-4-2)47-72-60-59(70)57(68)55(66)51(76-60)48-73-61-58(69)56(67)54(65)50(45-62)75-61/h12,14,18,20,30,32,35-38,49-51,54-62,65-70H,3-11,13,15-17,19,21-29,31,33-34,39-48H2,1-2H3/b14-12+,20-18+,32-30+,37-35+,38-36+/t49-,50+,51+,54-,55-,56?,57?,58?,59?,60+,61+/m0/s1. The van der Waals surface area contributed by atoms with Gasteiger partial charge in [0.2, 0.25) is 0 Å². The van der Waals surface area contributed by atoms with Crippen molar-refractivity contribution in [2.24, 2.45) is 0 Å². The van der Waals surface area contributed by atoms with E-state index in [1.807, 2.05) is 12.2 Å². The Bertz CT molecular complexity index is 1550. The summed E-state index contributed by atoms with van der Waals surface area (Å²) in [5.41, 5.74) is 0. The second kappa shape index (κ2) is 47.1. The van der Waals surface area contributed by atoms with Crippen LogP contribution in [-0.4, -0.2) is 142 Å². The lowest BCUT2D eigenvalue weighted by Crippen LogP contribution is -2.61. The van der Waals surface area contributed by atoms with Crippen molar-refractivity contribution in [2.75, 3.05) is 26.4 Å². The van der Waals surface area contributed by atoms with Gasteiger partial charge in [0, 0.05) is 12.8 Å². The van der Waals surface area contributed by atoms with E-state index in [0.29, 0.717) is 19.3 Å². The monoisotopic (exact) mass is 1080 g/mol. The molecular formula is C61H106O15. The minimum atomic E-state index is -1.78. The first kappa shape index (κ1) is 69.3. The van der Waals surface area contributed by atoms with Crippen molar-refractivity contribution in [3.05, 3.63) is 60.8 Å². The highest BCUT2D eigenvalue weighted by Gasteiger charge is 2.47. The molecule has 0 aliphatic carbocycles. The predicted molar refractivity (Wildman–Crippen MR) is 298 cm³/mol. The smallest absolute Gasteiger partial charge is 0.306 e. The van der Waals surface area contributed by atoms with Gasteiger partial charge < -0.3 is 64.2 Å². The third-order valence-electron chi connectivity index (χ3n) is 14.0. The topological polar surface area (TPSA) is 231 Å². The Kier molecular flexibility index (Phi) is 42.9. The van der Waals surface area contributed by atoms with Gasteiger partial charge in [-0.3, -0.25) is 9.59 Å². The first-order valence-corrected chi connectivity index (χ1v) is 29.9. The van der Waals surface area contributed by atoms with E-state index in [0.717, 1.165) is 44.9 Å². The van der Waals surface area contributed by atoms with Crippen LogP contribution >= 0.6 is 0 Å². The average Bonchev–Trinajstić information content (AvgIpc) is 3.41. The van der Waals surface area contributed by atoms with Crippen LogP contribution in [0.2, 0.25) is 0 Å². The number of carbonyl (C=O) groups is 2. The lowest BCUT2D eigenvalue weighted by Gasteiger charge is -2.42. The molecule has 15 heteroatoms. The Morgan fingerprint density at radius 1 is 0.421 bits per heavy atom. The number of unbranched alkanes of at least 4 members (excludes halogenated alkanes) is 23. The Hall–Kier alpha value is -2.80. The summed E-state index contributed by atoms with van der Waals surface area (Å²) in [7, 11) is 0. The number of hydrogen-bond acceptors (Lipinski definition) is 15. The largest absolute Gasteiger partial charge is 0.462 e. The first-order chi connectivity index (χ1) is 37.0. The molecule has 2 aliphatic heterocycles. The SMILES string of the molecule is CCCCC/C=C/C/C=C/C/C=C/C/C=C/CCCC(=O)O[C@@H](COC(=O)CCC/C=C/CCCCCCCCCCCCCCCCCCCC)CO[C@@H]1O[C@H](CO[C@@H]2O[C@H](CO)[C@H](O)C(O)C2O)[C@H](O)C(O)C1O. The highest BCUT2D eigenvalue weighted by Crippen LogP contribution is 2.27. The van der Waals surface area contributed by atoms with E-state index >= 15 is 0 Å². The third kappa shape index (κ3) is 33.6. The molecule has 15 nitrogen and oxygen atoms in total. The zero-order chi connectivity index (χ0) is 55.3. The van der Waals surface area contributed by atoms with Crippen molar-refractivity contribution in [3.63, 3.8) is 0 Å². The van der Waals surface area contributed by atoms with Crippen molar-refractivity contribution in [3.8, 4) is 0 Å². The maximum Gasteiger partial charge on any atom is 0.306 e. The molecule has 0 aromatic carbocycles. The molecule has 0 amide bonds. The van der Waals surface area contributed by atoms with Crippen molar-refractivity contribution in [1.29, 1.82) is 0 Å². The van der Waals surface area contributed by atoms with Gasteiger partial charge >= 0.3 is 11.9 Å². The number of allylic oxidation sites excluding steroid dienone is 10. The zero-order valence-corrected chi connectivity index (χ0v) is 47.0. The van der Waals surface area contributed by atoms with Gasteiger partial charge in [0.15, 0.2) is 18.7 Å². The van der Waals surface area contributed by atoms with Crippen LogP contribution in [0.15, 0.2) is 60.8 Å². The second-order valence-corrected chi connectivity index (χ2v) is 20.8. The van der Waals surface area contributed by atoms with Crippen LogP contribution in [0.1, 0.15) is 219 Å². The molecule has 0 aromatic rings. The quantitative estimate of drug-likeness (QED) is 0.0171. The van der Waals surface area contributed by atoms with Crippen LogP contribution in [0.3, 0.4) is 0 Å². The van der Waals surface area contributed by atoms with E-state index < -0.39 is 99.3 Å². The van der Waals surface area contributed by atoms with Gasteiger partial charge in [0.1, 0.15) is 55.4 Å². The summed E-state index contributed by atoms with van der Waals surface area (Å²) in [4.78, 5) is 25.9. The van der Waals surface area contributed by atoms with E-state index in [1.54, 1.807) is 0 Å². The first-order valence-electron chi connectivity index (χ1n) is 29.9. The molecule has 7 N–H and O–H groups in total. The summed E-state index contributed by atoms with van der Waals surface area (Å²) in [5, 5.41) is 72.3. The lowest BCUT2D eigenvalue weighted by atomic mass is 9.98. The van der Waals surface area contributed by atoms with Gasteiger partial charge in [-0.1, -0.05) is 197 Å². The number of aliphatic hydroxyl groups excluding tert-OH is 7. The molecule has 11 atom stereocenters. The highest BCUT2D eigenvalue weighted by molar-refractivity contribution is 5.70. The molecule has 76 heavy (non-hydrogen) atoms. The Labute approximate surface area is 458 Å². The van der Waals surface area contributed by atoms with Crippen molar-refractivity contribution < 1.29 is 73.8 Å². The Balaban J connectivity index is 1.76. The average molecular weight is 1080 g/mol. The van der Waals surface area contributed by atoms with Gasteiger partial charge in [-0.2, -0.15) is 0 Å². The Morgan fingerprint density at radius 3 is 1.28 bits per heavy atom. The van der Waals surface area contributed by atoms with E-state index in [-0.39, 0.29) is 19.4 Å². The molecule has 0 saturated carbocycles. The molecule has 2 saturated heterocycles. The van der Waals surface area contributed by atoms with Gasteiger partial charge in [0.05, 0.1) is 19.8 Å². The molecule has 2 rings (SSSR count). The van der Waals surface area contributed by atoms with Crippen LogP contribution in [0.5, 0.6) is 0 Å². The van der Waals surface area contributed by atoms with E-state index in [1.165, 1.54) is 128 Å². The maximum atomic E-state index is 13.0. The molecule has 2 aliphatic rings. The van der Waals surface area contributed by atoms with Crippen molar-refractivity contribution in [2.45, 2.75) is 287 Å². The van der Waals surface area contributed by atoms with Gasteiger partial charge in [-0.15, -0.1) is 0 Å². The summed E-state index contributed by atoms with van der Waals surface area (Å²) in [6.45, 7) is 2.50. The minimum absolute atomic E-state index is 0.0825. The number of carbonyl (C=O) groups excluding carboxylic acids is 2. The molecular weight excluding hydrogens is 973 g/mol. The van der Waals surface area contributed by atoms with E-state index in [2.05, 4.69) is 62.5 Å². The fourth-order valence-corrected chi connectivity index (χ4v) is 9.10. The molecule has 0 radical (unpaired) electrons. The van der Waals surface area contributed by atoms with E-state index in [9.17, 15) is 45.3 Å². The molecule has 0 bridgehead atoms. The molecule has 2 heterocycles. The fraction of sp³-hybridized carbons (Fsp3) is 0.803. The molecule has 0 aromatic heterocycles. The van der Waals surface area contributed by atoms with Gasteiger partial charge in [0.25, 0.3) is 0 Å². The third-order valence-corrected chi connectivity index (χ3v) is 14.0. The number of aliphatic hydroxyl groups is 7. The zero-order valence-electron chi connectivity index (χ0n) is 47.0. The summed E-state index contributed by atoms with van der Waals surface area (Å²) in [6.07, 6.45) is 39.8. The van der Waals surface area contributed by atoms with Crippen LogP contribution < -0.4 is 0 Å². The summed E-state index contributed by atoms with van der Waals surface area (Å²) in [5.74, 6) is -1.02. The normalized spacial score (nSPS) is 24.8.